The third-order valence-electron chi connectivity index (χ3n) is 5.62. The number of carbonyl (C=O) groups is 1. The molecule has 3 N–H and O–H groups in total. The largest absolute Gasteiger partial charge is 0.494 e. The van der Waals surface area contributed by atoms with Crippen molar-refractivity contribution >= 4 is 34.3 Å². The van der Waals surface area contributed by atoms with E-state index in [4.69, 9.17) is 4.74 Å². The predicted molar refractivity (Wildman–Crippen MR) is 121 cm³/mol. The topological polar surface area (TPSA) is 123 Å². The summed E-state index contributed by atoms with van der Waals surface area (Å²) in [5.41, 5.74) is 3.54. The van der Waals surface area contributed by atoms with E-state index in [0.717, 1.165) is 29.8 Å². The van der Waals surface area contributed by atoms with Gasteiger partial charge in [0, 0.05) is 24.6 Å². The Kier molecular flexibility index (Phi) is 5.34. The van der Waals surface area contributed by atoms with Gasteiger partial charge < -0.3 is 20.4 Å². The molecule has 1 amide bonds. The van der Waals surface area contributed by atoms with E-state index in [9.17, 15) is 13.6 Å². The number of fused-ring (bicyclic) bond motifs is 1. The number of ether oxygens (including phenoxy) is 1. The molecule has 1 saturated carbocycles. The van der Waals surface area contributed by atoms with Gasteiger partial charge >= 0.3 is 0 Å². The van der Waals surface area contributed by atoms with Gasteiger partial charge in [-0.25, -0.2) is 23.4 Å². The normalized spacial score (nSPS) is 13.5. The third kappa shape index (κ3) is 3.91. The highest BCUT2D eigenvalue weighted by Gasteiger charge is 2.30. The summed E-state index contributed by atoms with van der Waals surface area (Å²) in [6, 6.07) is 7.07. The number of H-pyrrole nitrogens is 1. The molecule has 1 aromatic carbocycles. The molecule has 1 fully saturated rings. The smallest absolute Gasteiger partial charge is 0.295 e. The molecule has 1 aliphatic rings. The Morgan fingerprint density at radius 3 is 2.71 bits per heavy atom. The highest BCUT2D eigenvalue weighted by Crippen LogP contribution is 2.40. The number of nitrogens with one attached hydrogen (secondary N) is 3. The average molecular weight is 468 g/mol. The third-order valence-corrected chi connectivity index (χ3v) is 5.62. The number of aryl methyl sites for hydroxylation is 2. The molecule has 34 heavy (non-hydrogen) atoms. The molecule has 10 nitrogen and oxygen atoms in total. The summed E-state index contributed by atoms with van der Waals surface area (Å²) in [7, 11) is 3.32. The molecule has 12 heteroatoms. The van der Waals surface area contributed by atoms with Crippen LogP contribution < -0.4 is 15.4 Å². The Balaban J connectivity index is 1.60. The van der Waals surface area contributed by atoms with E-state index in [1.54, 1.807) is 23.9 Å². The van der Waals surface area contributed by atoms with Gasteiger partial charge in [0.2, 0.25) is 5.91 Å². The first-order chi connectivity index (χ1) is 16.4. The first kappa shape index (κ1) is 21.7. The van der Waals surface area contributed by atoms with Crippen molar-refractivity contribution < 1.29 is 18.3 Å². The standard InChI is InChI=1S/C22H22F2N8O2/c1-10-17(32(2)31-30-10)12-5-4-6-13(18(12)34-3)25-14-9-15(27-22(33)11-7-8-11)26-20-16(14)28-21(29-20)19(23)24/h4-6,9,11,19H,7-8H2,1-3H3,(H3,25,26,27,28,29,33). The van der Waals surface area contributed by atoms with Crippen molar-refractivity contribution in [3.05, 3.63) is 35.8 Å². The molecule has 0 unspecified atom stereocenters. The molecule has 0 bridgehead atoms. The van der Waals surface area contributed by atoms with Crippen LogP contribution in [-0.4, -0.2) is 43.0 Å². The molecule has 0 saturated heterocycles. The number of hydrogen-bond donors (Lipinski definition) is 3. The van der Waals surface area contributed by atoms with Crippen LogP contribution in [0.5, 0.6) is 5.75 Å². The molecule has 176 valence electrons. The van der Waals surface area contributed by atoms with Crippen molar-refractivity contribution in [1.29, 1.82) is 0 Å². The number of aromatic amines is 1. The number of rotatable bonds is 7. The first-order valence-electron chi connectivity index (χ1n) is 10.7. The number of benzene rings is 1. The van der Waals surface area contributed by atoms with E-state index in [1.165, 1.54) is 7.11 Å². The summed E-state index contributed by atoms with van der Waals surface area (Å²) >= 11 is 0. The molecular formula is C22H22F2N8O2. The Morgan fingerprint density at radius 1 is 1.26 bits per heavy atom. The number of para-hydroxylation sites is 1. The average Bonchev–Trinajstić information content (AvgIpc) is 3.48. The predicted octanol–water partition coefficient (Wildman–Crippen LogP) is 4.10. The molecule has 0 aliphatic heterocycles. The fourth-order valence-corrected chi connectivity index (χ4v) is 3.86. The maximum Gasteiger partial charge on any atom is 0.295 e. The molecular weight excluding hydrogens is 446 g/mol. The van der Waals surface area contributed by atoms with Crippen LogP contribution in [0.4, 0.5) is 26.0 Å². The van der Waals surface area contributed by atoms with Crippen LogP contribution in [0.15, 0.2) is 24.3 Å². The van der Waals surface area contributed by atoms with Gasteiger partial charge in [0.25, 0.3) is 6.43 Å². The molecule has 0 radical (unpaired) electrons. The lowest BCUT2D eigenvalue weighted by Crippen LogP contribution is -2.14. The van der Waals surface area contributed by atoms with E-state index in [0.29, 0.717) is 17.1 Å². The molecule has 3 aromatic heterocycles. The maximum atomic E-state index is 13.3. The number of methoxy groups -OCH3 is 1. The highest BCUT2D eigenvalue weighted by molar-refractivity contribution is 5.97. The maximum absolute atomic E-state index is 13.3. The van der Waals surface area contributed by atoms with Crippen LogP contribution >= 0.6 is 0 Å². The minimum atomic E-state index is -2.80. The van der Waals surface area contributed by atoms with E-state index in [-0.39, 0.29) is 28.8 Å². The van der Waals surface area contributed by atoms with Gasteiger partial charge in [-0.05, 0) is 31.9 Å². The molecule has 4 aromatic rings. The van der Waals surface area contributed by atoms with Crippen LogP contribution in [-0.2, 0) is 11.8 Å². The Hall–Kier alpha value is -4.09. The summed E-state index contributed by atoms with van der Waals surface area (Å²) in [6.07, 6.45) is -1.15. The fraction of sp³-hybridized carbons (Fsp3) is 0.318. The van der Waals surface area contributed by atoms with Gasteiger partial charge in [0.15, 0.2) is 17.2 Å². The monoisotopic (exact) mass is 468 g/mol. The number of anilines is 3. The van der Waals surface area contributed by atoms with Crippen molar-refractivity contribution in [1.82, 2.24) is 29.9 Å². The van der Waals surface area contributed by atoms with Gasteiger partial charge in [0.05, 0.1) is 29.9 Å². The van der Waals surface area contributed by atoms with E-state index < -0.39 is 12.2 Å². The zero-order chi connectivity index (χ0) is 24.0. The number of nitrogens with zero attached hydrogens (tertiary/aromatic N) is 5. The fourth-order valence-electron chi connectivity index (χ4n) is 3.86. The van der Waals surface area contributed by atoms with E-state index in [2.05, 4.69) is 35.9 Å². The second kappa shape index (κ2) is 8.36. The van der Waals surface area contributed by atoms with Crippen LogP contribution in [0, 0.1) is 12.8 Å². The molecule has 3 heterocycles. The summed E-state index contributed by atoms with van der Waals surface area (Å²) in [4.78, 5) is 23.1. The molecule has 5 rings (SSSR count). The number of pyridine rings is 1. The minimum Gasteiger partial charge on any atom is -0.494 e. The minimum absolute atomic E-state index is 0.0418. The van der Waals surface area contributed by atoms with Gasteiger partial charge in [-0.15, -0.1) is 5.10 Å². The molecule has 1 aliphatic carbocycles. The first-order valence-corrected chi connectivity index (χ1v) is 10.7. The second-order valence-corrected chi connectivity index (χ2v) is 8.10. The van der Waals surface area contributed by atoms with Crippen LogP contribution in [0.3, 0.4) is 0 Å². The molecule has 0 spiro atoms. The lowest BCUT2D eigenvalue weighted by molar-refractivity contribution is -0.117. The lowest BCUT2D eigenvalue weighted by Gasteiger charge is -2.16. The summed E-state index contributed by atoms with van der Waals surface area (Å²) in [5.74, 6) is 0.0470. The van der Waals surface area contributed by atoms with Gasteiger partial charge in [-0.1, -0.05) is 11.3 Å². The number of alkyl halides is 2. The summed E-state index contributed by atoms with van der Waals surface area (Å²) in [6.45, 7) is 1.85. The van der Waals surface area contributed by atoms with Crippen LogP contribution in [0.2, 0.25) is 0 Å². The van der Waals surface area contributed by atoms with E-state index >= 15 is 0 Å². The number of aromatic nitrogens is 6. The Morgan fingerprint density at radius 2 is 2.06 bits per heavy atom. The van der Waals surface area contributed by atoms with Crippen molar-refractivity contribution in [2.24, 2.45) is 13.0 Å². The highest BCUT2D eigenvalue weighted by atomic mass is 19.3. The second-order valence-electron chi connectivity index (χ2n) is 8.10. The van der Waals surface area contributed by atoms with Gasteiger partial charge in [-0.2, -0.15) is 0 Å². The summed E-state index contributed by atoms with van der Waals surface area (Å²) < 4.78 is 34.1. The number of amides is 1. The van der Waals surface area contributed by atoms with Crippen molar-refractivity contribution in [3.63, 3.8) is 0 Å². The SMILES string of the molecule is COc1c(Nc2cc(NC(=O)C3CC3)nc3[nH]c(C(F)F)nc23)cccc1-c1c(C)nnn1C. The van der Waals surface area contributed by atoms with Crippen molar-refractivity contribution in [3.8, 4) is 17.0 Å². The van der Waals surface area contributed by atoms with Crippen molar-refractivity contribution in [2.75, 3.05) is 17.7 Å². The number of carbonyl (C=O) groups excluding carboxylic acids is 1. The van der Waals surface area contributed by atoms with Crippen LogP contribution in [0.25, 0.3) is 22.4 Å². The summed E-state index contributed by atoms with van der Waals surface area (Å²) in [5, 5.41) is 14.1. The van der Waals surface area contributed by atoms with Crippen LogP contribution in [0.1, 0.15) is 30.8 Å². The van der Waals surface area contributed by atoms with Gasteiger partial charge in [-0.3, -0.25) is 4.79 Å². The zero-order valence-electron chi connectivity index (χ0n) is 18.7. The number of imidazole rings is 1. The zero-order valence-corrected chi connectivity index (χ0v) is 18.7. The molecule has 0 atom stereocenters. The Bertz CT molecular complexity index is 1370. The van der Waals surface area contributed by atoms with Gasteiger partial charge in [0.1, 0.15) is 11.3 Å². The quantitative estimate of drug-likeness (QED) is 0.373. The van der Waals surface area contributed by atoms with E-state index in [1.807, 2.05) is 19.1 Å². The van der Waals surface area contributed by atoms with Crippen molar-refractivity contribution in [2.45, 2.75) is 26.2 Å². The lowest BCUT2D eigenvalue weighted by atomic mass is 10.1. The Labute approximate surface area is 192 Å². The number of halogens is 2. The number of hydrogen-bond acceptors (Lipinski definition) is 7.